The first kappa shape index (κ1) is 17.5. The molecule has 4 aromatic rings. The fourth-order valence-electron chi connectivity index (χ4n) is 2.71. The Hall–Kier alpha value is -2.90. The van der Waals surface area contributed by atoms with Gasteiger partial charge >= 0.3 is 0 Å². The molecule has 0 aliphatic carbocycles. The maximum atomic E-state index is 12.8. The van der Waals surface area contributed by atoms with Crippen molar-refractivity contribution in [1.82, 2.24) is 24.5 Å². The number of fused-ring (bicyclic) bond motifs is 1. The summed E-state index contributed by atoms with van der Waals surface area (Å²) in [7, 11) is 1.58. The first-order valence-corrected chi connectivity index (χ1v) is 8.71. The molecule has 0 N–H and O–H groups in total. The Bertz CT molecular complexity index is 1200. The topological polar surface area (TPSA) is 74.8 Å². The van der Waals surface area contributed by atoms with Gasteiger partial charge in [-0.1, -0.05) is 40.5 Å². The zero-order valence-corrected chi connectivity index (χ0v) is 15.6. The van der Waals surface area contributed by atoms with Crippen molar-refractivity contribution in [2.45, 2.75) is 6.54 Å². The number of hydrogen-bond donors (Lipinski definition) is 0. The molecule has 27 heavy (non-hydrogen) atoms. The van der Waals surface area contributed by atoms with E-state index in [4.69, 9.17) is 27.9 Å². The lowest BCUT2D eigenvalue weighted by atomic mass is 10.2. The summed E-state index contributed by atoms with van der Waals surface area (Å²) in [6.45, 7) is 0.254. The van der Waals surface area contributed by atoms with Gasteiger partial charge in [-0.2, -0.15) is 4.68 Å². The zero-order chi connectivity index (χ0) is 19.0. The number of halogens is 2. The van der Waals surface area contributed by atoms with Crippen LogP contribution in [0.5, 0.6) is 5.75 Å². The van der Waals surface area contributed by atoms with E-state index in [1.54, 1.807) is 31.4 Å². The van der Waals surface area contributed by atoms with Crippen LogP contribution in [0.25, 0.3) is 16.9 Å². The Morgan fingerprint density at radius 2 is 2.00 bits per heavy atom. The Kier molecular flexibility index (Phi) is 4.55. The van der Waals surface area contributed by atoms with Crippen LogP contribution in [0, 0.1) is 0 Å². The van der Waals surface area contributed by atoms with Gasteiger partial charge in [0.05, 0.1) is 19.3 Å². The minimum absolute atomic E-state index is 0.172. The fraction of sp³-hybridized carbons (Fsp3) is 0.111. The summed E-state index contributed by atoms with van der Waals surface area (Å²) < 4.78 is 8.16. The summed E-state index contributed by atoms with van der Waals surface area (Å²) in [5.74, 6) is 0.668. The number of ether oxygens (including phenoxy) is 1. The second-order valence-electron chi connectivity index (χ2n) is 5.79. The quantitative estimate of drug-likeness (QED) is 0.524. The van der Waals surface area contributed by atoms with Crippen molar-refractivity contribution in [2.75, 3.05) is 7.11 Å². The molecule has 2 aromatic carbocycles. The number of rotatable bonds is 4. The predicted molar refractivity (Wildman–Crippen MR) is 103 cm³/mol. The predicted octanol–water partition coefficient (Wildman–Crippen LogP) is 3.34. The van der Waals surface area contributed by atoms with Gasteiger partial charge in [-0.25, -0.2) is 4.98 Å². The molecule has 136 valence electrons. The van der Waals surface area contributed by atoms with Crippen molar-refractivity contribution >= 4 is 34.4 Å². The number of nitrogens with zero attached hydrogens (tertiary/aromatic N) is 5. The van der Waals surface area contributed by atoms with Crippen molar-refractivity contribution in [2.24, 2.45) is 0 Å². The third kappa shape index (κ3) is 3.27. The standard InChI is InChI=1S/C18H13Cl2N5O2/c1-27-14-4-2-3-13(8-14)25-17-16(22-23-25)18(26)24(10-21-17)9-11-5-6-12(19)7-15(11)20/h2-8,10H,9H2,1H3. The number of benzene rings is 2. The minimum Gasteiger partial charge on any atom is -0.497 e. The minimum atomic E-state index is -0.305. The molecule has 2 heterocycles. The van der Waals surface area contributed by atoms with Crippen molar-refractivity contribution in [3.05, 3.63) is 74.8 Å². The summed E-state index contributed by atoms with van der Waals surface area (Å²) >= 11 is 12.1. The molecular formula is C18H13Cl2N5O2. The van der Waals surface area contributed by atoms with Gasteiger partial charge < -0.3 is 4.74 Å². The maximum absolute atomic E-state index is 12.8. The van der Waals surface area contributed by atoms with Gasteiger partial charge in [0.25, 0.3) is 5.56 Å². The van der Waals surface area contributed by atoms with Crippen LogP contribution < -0.4 is 10.3 Å². The van der Waals surface area contributed by atoms with E-state index in [1.165, 1.54) is 15.6 Å². The molecule has 0 unspecified atom stereocenters. The van der Waals surface area contributed by atoms with E-state index in [0.29, 0.717) is 27.1 Å². The summed E-state index contributed by atoms with van der Waals surface area (Å²) in [4.78, 5) is 17.2. The first-order valence-electron chi connectivity index (χ1n) is 7.96. The maximum Gasteiger partial charge on any atom is 0.283 e. The Labute approximate surface area is 163 Å². The molecule has 0 atom stereocenters. The Morgan fingerprint density at radius 1 is 1.15 bits per heavy atom. The van der Waals surface area contributed by atoms with Crippen molar-refractivity contribution in [1.29, 1.82) is 0 Å². The second kappa shape index (κ2) is 7.02. The van der Waals surface area contributed by atoms with Gasteiger partial charge in [0, 0.05) is 16.1 Å². The van der Waals surface area contributed by atoms with Gasteiger partial charge in [0.1, 0.15) is 12.1 Å². The highest BCUT2D eigenvalue weighted by Crippen LogP contribution is 2.22. The SMILES string of the molecule is COc1cccc(-n2nnc3c(=O)n(Cc4ccc(Cl)cc4Cl)cnc32)c1. The molecule has 0 radical (unpaired) electrons. The van der Waals surface area contributed by atoms with Crippen LogP contribution in [0.15, 0.2) is 53.6 Å². The molecule has 4 rings (SSSR count). The van der Waals surface area contributed by atoms with Crippen LogP contribution in [0.1, 0.15) is 5.56 Å². The lowest BCUT2D eigenvalue weighted by Gasteiger charge is -2.08. The van der Waals surface area contributed by atoms with E-state index in [9.17, 15) is 4.79 Å². The van der Waals surface area contributed by atoms with E-state index in [2.05, 4.69) is 15.3 Å². The highest BCUT2D eigenvalue weighted by atomic mass is 35.5. The van der Waals surface area contributed by atoms with Crippen molar-refractivity contribution in [3.63, 3.8) is 0 Å². The number of methoxy groups -OCH3 is 1. The van der Waals surface area contributed by atoms with Gasteiger partial charge in [-0.15, -0.1) is 5.10 Å². The fourth-order valence-corrected chi connectivity index (χ4v) is 3.17. The lowest BCUT2D eigenvalue weighted by Crippen LogP contribution is -2.21. The van der Waals surface area contributed by atoms with E-state index in [0.717, 1.165) is 5.56 Å². The third-order valence-electron chi connectivity index (χ3n) is 4.08. The van der Waals surface area contributed by atoms with Gasteiger partial charge in [-0.3, -0.25) is 9.36 Å². The van der Waals surface area contributed by atoms with Gasteiger partial charge in [0.2, 0.25) is 0 Å². The van der Waals surface area contributed by atoms with Crippen LogP contribution in [-0.2, 0) is 6.54 Å². The Morgan fingerprint density at radius 3 is 2.78 bits per heavy atom. The summed E-state index contributed by atoms with van der Waals surface area (Å²) in [6, 6.07) is 12.4. The largest absolute Gasteiger partial charge is 0.497 e. The second-order valence-corrected chi connectivity index (χ2v) is 6.63. The molecule has 0 aliphatic heterocycles. The summed E-state index contributed by atoms with van der Waals surface area (Å²) in [5.41, 5.74) is 1.68. The smallest absolute Gasteiger partial charge is 0.283 e. The highest BCUT2D eigenvalue weighted by Gasteiger charge is 2.14. The molecule has 0 bridgehead atoms. The van der Waals surface area contributed by atoms with E-state index >= 15 is 0 Å². The molecule has 0 aliphatic rings. The Balaban J connectivity index is 1.76. The molecule has 7 nitrogen and oxygen atoms in total. The van der Waals surface area contributed by atoms with Crippen LogP contribution in [0.3, 0.4) is 0 Å². The zero-order valence-electron chi connectivity index (χ0n) is 14.1. The van der Waals surface area contributed by atoms with Crippen LogP contribution in [0.2, 0.25) is 10.0 Å². The normalized spacial score (nSPS) is 11.1. The molecule has 0 spiro atoms. The van der Waals surface area contributed by atoms with E-state index in [1.807, 2.05) is 18.2 Å². The van der Waals surface area contributed by atoms with E-state index in [-0.39, 0.29) is 17.6 Å². The van der Waals surface area contributed by atoms with Gasteiger partial charge in [-0.05, 0) is 29.8 Å². The average Bonchev–Trinajstić information content (AvgIpc) is 3.11. The molecule has 0 saturated heterocycles. The average molecular weight is 402 g/mol. The van der Waals surface area contributed by atoms with Crippen molar-refractivity contribution < 1.29 is 4.74 Å². The van der Waals surface area contributed by atoms with Crippen molar-refractivity contribution in [3.8, 4) is 11.4 Å². The highest BCUT2D eigenvalue weighted by molar-refractivity contribution is 6.35. The lowest BCUT2D eigenvalue weighted by molar-refractivity contribution is 0.414. The third-order valence-corrected chi connectivity index (χ3v) is 4.67. The molecule has 0 amide bonds. The molecular weight excluding hydrogens is 389 g/mol. The number of hydrogen-bond acceptors (Lipinski definition) is 5. The monoisotopic (exact) mass is 401 g/mol. The van der Waals surface area contributed by atoms with E-state index < -0.39 is 0 Å². The van der Waals surface area contributed by atoms with Crippen LogP contribution in [-0.4, -0.2) is 31.7 Å². The summed E-state index contributed by atoms with van der Waals surface area (Å²) in [6.07, 6.45) is 1.45. The van der Waals surface area contributed by atoms with Crippen LogP contribution in [0.4, 0.5) is 0 Å². The molecule has 0 fully saturated rings. The molecule has 9 heteroatoms. The molecule has 0 saturated carbocycles. The van der Waals surface area contributed by atoms with Gasteiger partial charge in [0.15, 0.2) is 11.2 Å². The molecule has 2 aromatic heterocycles. The summed E-state index contributed by atoms with van der Waals surface area (Å²) in [5, 5.41) is 9.10. The van der Waals surface area contributed by atoms with Crippen LogP contribution >= 0.6 is 23.2 Å². The number of aromatic nitrogens is 5. The first-order chi connectivity index (χ1) is 13.1.